The maximum atomic E-state index is 11.9. The number of carboxylic acids is 1. The third-order valence-electron chi connectivity index (χ3n) is 3.42. The second-order valence-electron chi connectivity index (χ2n) is 5.13. The number of hydrogen-bond acceptors (Lipinski definition) is 6. The first-order valence-electron chi connectivity index (χ1n) is 7.11. The number of carboxylic acid groups (broad SMARTS) is 1. The van der Waals surface area contributed by atoms with Gasteiger partial charge in [-0.2, -0.15) is 0 Å². The molecule has 0 saturated carbocycles. The van der Waals surface area contributed by atoms with E-state index in [1.54, 1.807) is 0 Å². The number of nitrogens with zero attached hydrogens (tertiary/aromatic N) is 1. The van der Waals surface area contributed by atoms with Crippen molar-refractivity contribution >= 4 is 23.3 Å². The zero-order valence-corrected chi connectivity index (χ0v) is 12.8. The van der Waals surface area contributed by atoms with Gasteiger partial charge in [0.25, 0.3) is 0 Å². The van der Waals surface area contributed by atoms with Crippen molar-refractivity contribution in [1.29, 1.82) is 0 Å². The van der Waals surface area contributed by atoms with Crippen LogP contribution in [0.5, 0.6) is 11.5 Å². The summed E-state index contributed by atoms with van der Waals surface area (Å²) in [5.74, 6) is -3.06. The van der Waals surface area contributed by atoms with E-state index in [0.29, 0.717) is 5.69 Å². The molecule has 9 heteroatoms. The molecule has 0 heterocycles. The van der Waals surface area contributed by atoms with Crippen molar-refractivity contribution in [2.45, 2.75) is 12.8 Å². The predicted octanol–water partition coefficient (Wildman–Crippen LogP) is 2.28. The highest BCUT2D eigenvalue weighted by molar-refractivity contribution is 5.94. The Bertz CT molecular complexity index is 848. The molecule has 4 N–H and O–H groups in total. The number of rotatable bonds is 6. The van der Waals surface area contributed by atoms with E-state index in [2.05, 4.69) is 5.32 Å². The molecule has 0 aromatic heterocycles. The van der Waals surface area contributed by atoms with E-state index in [1.807, 2.05) is 0 Å². The average Bonchev–Trinajstić information content (AvgIpc) is 2.56. The topological polar surface area (TPSA) is 150 Å². The van der Waals surface area contributed by atoms with Crippen LogP contribution in [0.3, 0.4) is 0 Å². The van der Waals surface area contributed by atoms with E-state index in [9.17, 15) is 29.9 Å². The maximum Gasteiger partial charge on any atom is 0.335 e. The summed E-state index contributed by atoms with van der Waals surface area (Å²) in [6.45, 7) is 0. The summed E-state index contributed by atoms with van der Waals surface area (Å²) in [5.41, 5.74) is -0.120. The summed E-state index contributed by atoms with van der Waals surface area (Å²) < 4.78 is 0. The molecule has 0 radical (unpaired) electrons. The van der Waals surface area contributed by atoms with Crippen molar-refractivity contribution < 1.29 is 29.8 Å². The van der Waals surface area contributed by atoms with Crippen LogP contribution in [0.15, 0.2) is 36.4 Å². The molecule has 0 aliphatic heterocycles. The van der Waals surface area contributed by atoms with Gasteiger partial charge in [0.05, 0.1) is 10.5 Å². The van der Waals surface area contributed by atoms with Gasteiger partial charge in [-0.3, -0.25) is 14.9 Å². The summed E-state index contributed by atoms with van der Waals surface area (Å²) >= 11 is 0. The molecule has 0 aliphatic carbocycles. The van der Waals surface area contributed by atoms with Crippen LogP contribution in [0.25, 0.3) is 0 Å². The molecule has 25 heavy (non-hydrogen) atoms. The Balaban J connectivity index is 2.03. The predicted molar refractivity (Wildman–Crippen MR) is 86.8 cm³/mol. The minimum Gasteiger partial charge on any atom is -0.504 e. The fraction of sp³-hybridized carbons (Fsp3) is 0.125. The van der Waals surface area contributed by atoms with Gasteiger partial charge in [-0.25, -0.2) is 4.79 Å². The van der Waals surface area contributed by atoms with E-state index < -0.39 is 34.0 Å². The van der Waals surface area contributed by atoms with Crippen LogP contribution in [-0.2, 0) is 11.2 Å². The van der Waals surface area contributed by atoms with Gasteiger partial charge in [0, 0.05) is 18.2 Å². The largest absolute Gasteiger partial charge is 0.504 e. The first kappa shape index (κ1) is 17.7. The number of aromatic carboxylic acids is 1. The zero-order valence-electron chi connectivity index (χ0n) is 12.8. The Hall–Kier alpha value is -3.62. The summed E-state index contributed by atoms with van der Waals surface area (Å²) in [4.78, 5) is 32.6. The van der Waals surface area contributed by atoms with E-state index in [-0.39, 0.29) is 24.0 Å². The number of phenolic OH excluding ortho intramolecular Hbond substituents is 2. The number of carbonyl (C=O) groups is 2. The average molecular weight is 346 g/mol. The number of nitro benzene ring substituents is 1. The van der Waals surface area contributed by atoms with Gasteiger partial charge in [0.15, 0.2) is 5.75 Å². The number of nitro groups is 1. The van der Waals surface area contributed by atoms with Gasteiger partial charge in [-0.05, 0) is 36.2 Å². The number of phenols is 2. The maximum absolute atomic E-state index is 11.9. The monoisotopic (exact) mass is 346 g/mol. The van der Waals surface area contributed by atoms with Gasteiger partial charge in [-0.15, -0.1) is 0 Å². The standard InChI is InChI=1S/C16H14N2O7/c19-13(17-11-3-1-2-10(8-11)16(22)23)7-5-9-4-6-12(18(24)25)15(21)14(9)20/h1-4,6,8,20-21H,5,7H2,(H,17,19)(H,22,23). The van der Waals surface area contributed by atoms with Crippen molar-refractivity contribution in [1.82, 2.24) is 0 Å². The molecule has 0 spiro atoms. The highest BCUT2D eigenvalue weighted by Crippen LogP contribution is 2.37. The molecule has 2 rings (SSSR count). The van der Waals surface area contributed by atoms with E-state index in [1.165, 1.54) is 30.3 Å². The molecule has 0 atom stereocenters. The lowest BCUT2D eigenvalue weighted by atomic mass is 10.1. The van der Waals surface area contributed by atoms with Crippen molar-refractivity contribution in [3.8, 4) is 11.5 Å². The number of aryl methyl sites for hydroxylation is 1. The van der Waals surface area contributed by atoms with Crippen LogP contribution < -0.4 is 5.32 Å². The SMILES string of the molecule is O=C(CCc1ccc([N+](=O)[O-])c(O)c1O)Nc1cccc(C(=O)O)c1. The lowest BCUT2D eigenvalue weighted by Crippen LogP contribution is -2.13. The smallest absolute Gasteiger partial charge is 0.335 e. The third kappa shape index (κ3) is 4.22. The van der Waals surface area contributed by atoms with Gasteiger partial charge < -0.3 is 20.6 Å². The van der Waals surface area contributed by atoms with Crippen molar-refractivity contribution in [2.24, 2.45) is 0 Å². The molecular formula is C16H14N2O7. The molecule has 0 fully saturated rings. The molecule has 9 nitrogen and oxygen atoms in total. The molecule has 0 saturated heterocycles. The van der Waals surface area contributed by atoms with Gasteiger partial charge in [0.1, 0.15) is 0 Å². The Morgan fingerprint density at radius 1 is 1.12 bits per heavy atom. The van der Waals surface area contributed by atoms with E-state index >= 15 is 0 Å². The molecule has 0 aliphatic rings. The lowest BCUT2D eigenvalue weighted by Gasteiger charge is -2.08. The molecule has 0 bridgehead atoms. The number of amides is 1. The normalized spacial score (nSPS) is 10.2. The number of benzene rings is 2. The Labute approximate surface area is 141 Å². The second-order valence-corrected chi connectivity index (χ2v) is 5.13. The molecular weight excluding hydrogens is 332 g/mol. The number of aromatic hydroxyl groups is 2. The minimum absolute atomic E-state index is 0.0238. The van der Waals surface area contributed by atoms with Crippen LogP contribution in [0.1, 0.15) is 22.3 Å². The van der Waals surface area contributed by atoms with Crippen LogP contribution in [0.4, 0.5) is 11.4 Å². The van der Waals surface area contributed by atoms with Crippen LogP contribution >= 0.6 is 0 Å². The minimum atomic E-state index is -1.12. The number of carbonyl (C=O) groups excluding carboxylic acids is 1. The third-order valence-corrected chi connectivity index (χ3v) is 3.42. The Kier molecular flexibility index (Phi) is 5.18. The van der Waals surface area contributed by atoms with Crippen molar-refractivity contribution in [3.63, 3.8) is 0 Å². The summed E-state index contributed by atoms with van der Waals surface area (Å²) in [6.07, 6.45) is -0.0516. The highest BCUT2D eigenvalue weighted by atomic mass is 16.6. The Morgan fingerprint density at radius 3 is 2.48 bits per heavy atom. The van der Waals surface area contributed by atoms with Crippen molar-refractivity contribution in [3.05, 3.63) is 57.6 Å². The van der Waals surface area contributed by atoms with Crippen LogP contribution in [-0.4, -0.2) is 32.1 Å². The summed E-state index contributed by atoms with van der Waals surface area (Å²) in [7, 11) is 0. The number of nitrogens with one attached hydrogen (secondary N) is 1. The molecule has 2 aromatic carbocycles. The van der Waals surface area contributed by atoms with Gasteiger partial charge in [-0.1, -0.05) is 6.07 Å². The first-order valence-corrected chi connectivity index (χ1v) is 7.11. The van der Waals surface area contributed by atoms with Crippen LogP contribution in [0, 0.1) is 10.1 Å². The summed E-state index contributed by atoms with van der Waals surface area (Å²) in [5, 5.41) is 41.4. The van der Waals surface area contributed by atoms with Gasteiger partial charge in [0.2, 0.25) is 11.7 Å². The Morgan fingerprint density at radius 2 is 1.84 bits per heavy atom. The van der Waals surface area contributed by atoms with Gasteiger partial charge >= 0.3 is 11.7 Å². The first-order chi connectivity index (χ1) is 11.8. The number of anilines is 1. The lowest BCUT2D eigenvalue weighted by molar-refractivity contribution is -0.386. The molecule has 1 amide bonds. The molecule has 130 valence electrons. The number of hydrogen-bond donors (Lipinski definition) is 4. The molecule has 2 aromatic rings. The van der Waals surface area contributed by atoms with Crippen molar-refractivity contribution in [2.75, 3.05) is 5.32 Å². The fourth-order valence-corrected chi connectivity index (χ4v) is 2.16. The molecule has 0 unspecified atom stereocenters. The zero-order chi connectivity index (χ0) is 18.6. The summed E-state index contributed by atoms with van der Waals surface area (Å²) in [6, 6.07) is 7.99. The van der Waals surface area contributed by atoms with E-state index in [0.717, 1.165) is 6.07 Å². The quantitative estimate of drug-likeness (QED) is 0.356. The van der Waals surface area contributed by atoms with Crippen LogP contribution in [0.2, 0.25) is 0 Å². The van der Waals surface area contributed by atoms with E-state index in [4.69, 9.17) is 5.11 Å². The fourth-order valence-electron chi connectivity index (χ4n) is 2.16. The highest BCUT2D eigenvalue weighted by Gasteiger charge is 2.20. The second kappa shape index (κ2) is 7.30.